The molecule has 60 valence electrons. The Bertz CT molecular complexity index is 151. The molecule has 0 atom stereocenters. The maximum absolute atomic E-state index is 10.6. The average Bonchev–Trinajstić information content (AvgIpc) is 1.88. The molecule has 1 aliphatic heterocycles. The first-order chi connectivity index (χ1) is 4.61. The topological polar surface area (TPSA) is 72.8 Å². The zero-order chi connectivity index (χ0) is 7.61. The fourth-order valence-electron chi connectivity index (χ4n) is 0.914. The minimum Gasteiger partial charge on any atom is -0.314 e. The highest BCUT2D eigenvalue weighted by molar-refractivity contribution is 7.49. The van der Waals surface area contributed by atoms with E-state index in [0.29, 0.717) is 26.2 Å². The molecule has 0 radical (unpaired) electrons. The smallest absolute Gasteiger partial charge is 0.314 e. The molecule has 0 amide bonds. The van der Waals surface area contributed by atoms with Crippen LogP contribution in [0.1, 0.15) is 0 Å². The van der Waals surface area contributed by atoms with Gasteiger partial charge < -0.3 is 15.1 Å². The Morgan fingerprint density at radius 3 is 2.10 bits per heavy atom. The van der Waals surface area contributed by atoms with Crippen molar-refractivity contribution in [2.75, 3.05) is 26.2 Å². The molecule has 0 aliphatic carbocycles. The van der Waals surface area contributed by atoms with Gasteiger partial charge in [0.2, 0.25) is 0 Å². The summed E-state index contributed by atoms with van der Waals surface area (Å²) in [6.07, 6.45) is 0. The molecule has 10 heavy (non-hydrogen) atoms. The van der Waals surface area contributed by atoms with Gasteiger partial charge in [-0.2, -0.15) is 0 Å². The predicted molar refractivity (Wildman–Crippen MR) is 36.5 cm³/mol. The normalized spacial score (nSPS) is 23.0. The van der Waals surface area contributed by atoms with Crippen LogP contribution < -0.4 is 5.32 Å². The third-order valence-corrected chi connectivity index (χ3v) is 2.60. The van der Waals surface area contributed by atoms with Crippen molar-refractivity contribution in [1.82, 2.24) is 9.99 Å². The van der Waals surface area contributed by atoms with Crippen LogP contribution >= 0.6 is 7.75 Å². The summed E-state index contributed by atoms with van der Waals surface area (Å²) in [6.45, 7) is 2.19. The molecule has 0 aromatic carbocycles. The van der Waals surface area contributed by atoms with Gasteiger partial charge in [-0.3, -0.25) is 0 Å². The summed E-state index contributed by atoms with van der Waals surface area (Å²) in [5.74, 6) is 0. The number of rotatable bonds is 1. The summed E-state index contributed by atoms with van der Waals surface area (Å²) in [7, 11) is -3.95. The number of hydrogen-bond acceptors (Lipinski definition) is 2. The molecule has 0 aromatic heterocycles. The van der Waals surface area contributed by atoms with Crippen LogP contribution in [0.3, 0.4) is 0 Å². The zero-order valence-corrected chi connectivity index (χ0v) is 6.42. The van der Waals surface area contributed by atoms with Crippen LogP contribution in [0, 0.1) is 0 Å². The van der Waals surface area contributed by atoms with Crippen LogP contribution in [0.2, 0.25) is 0 Å². The maximum Gasteiger partial charge on any atom is 0.403 e. The van der Waals surface area contributed by atoms with Crippen molar-refractivity contribution in [2.45, 2.75) is 0 Å². The molecule has 0 spiro atoms. The molecule has 6 heteroatoms. The van der Waals surface area contributed by atoms with Crippen LogP contribution in [0.15, 0.2) is 0 Å². The van der Waals surface area contributed by atoms with Gasteiger partial charge in [0.1, 0.15) is 0 Å². The van der Waals surface area contributed by atoms with E-state index in [1.165, 1.54) is 4.67 Å². The van der Waals surface area contributed by atoms with Crippen LogP contribution in [0.5, 0.6) is 0 Å². The molecular formula is C4H11N2O3P. The van der Waals surface area contributed by atoms with Gasteiger partial charge in [0.15, 0.2) is 0 Å². The second-order valence-electron chi connectivity index (χ2n) is 2.22. The number of nitrogens with zero attached hydrogens (tertiary/aromatic N) is 1. The lowest BCUT2D eigenvalue weighted by Gasteiger charge is -2.26. The third kappa shape index (κ3) is 2.04. The van der Waals surface area contributed by atoms with Gasteiger partial charge in [0, 0.05) is 26.2 Å². The molecule has 1 saturated heterocycles. The van der Waals surface area contributed by atoms with E-state index in [-0.39, 0.29) is 0 Å². The third-order valence-electron chi connectivity index (χ3n) is 1.46. The van der Waals surface area contributed by atoms with E-state index >= 15 is 0 Å². The first-order valence-corrected chi connectivity index (χ1v) is 4.69. The first-order valence-electron chi connectivity index (χ1n) is 3.12. The lowest BCUT2D eigenvalue weighted by molar-refractivity contribution is 0.252. The Kier molecular flexibility index (Phi) is 2.44. The summed E-state index contributed by atoms with van der Waals surface area (Å²) < 4.78 is 11.8. The zero-order valence-electron chi connectivity index (χ0n) is 5.53. The van der Waals surface area contributed by atoms with Gasteiger partial charge in [-0.25, -0.2) is 9.24 Å². The van der Waals surface area contributed by atoms with Gasteiger partial charge in [-0.05, 0) is 0 Å². The minimum absolute atomic E-state index is 0.435. The lowest BCUT2D eigenvalue weighted by atomic mass is 10.4. The fourth-order valence-corrected chi connectivity index (χ4v) is 1.63. The highest BCUT2D eigenvalue weighted by Crippen LogP contribution is 2.39. The molecule has 1 rings (SSSR count). The molecule has 0 bridgehead atoms. The van der Waals surface area contributed by atoms with Crippen molar-refractivity contribution < 1.29 is 14.4 Å². The van der Waals surface area contributed by atoms with E-state index in [9.17, 15) is 4.57 Å². The Morgan fingerprint density at radius 1 is 1.30 bits per heavy atom. The quantitative estimate of drug-likeness (QED) is 0.435. The molecule has 0 saturated carbocycles. The monoisotopic (exact) mass is 166 g/mol. The van der Waals surface area contributed by atoms with Crippen LogP contribution in [-0.2, 0) is 4.57 Å². The Hall–Kier alpha value is 0.0700. The molecule has 0 unspecified atom stereocenters. The van der Waals surface area contributed by atoms with Gasteiger partial charge in [-0.1, -0.05) is 0 Å². The highest BCUT2D eigenvalue weighted by atomic mass is 31.2. The Balaban J connectivity index is 2.47. The molecular weight excluding hydrogens is 155 g/mol. The molecule has 5 nitrogen and oxygen atoms in total. The minimum atomic E-state index is -3.95. The van der Waals surface area contributed by atoms with E-state index in [2.05, 4.69) is 5.32 Å². The van der Waals surface area contributed by atoms with Crippen molar-refractivity contribution in [1.29, 1.82) is 0 Å². The summed E-state index contributed by atoms with van der Waals surface area (Å²) in [5, 5.41) is 3.00. The number of hydrogen-bond donors (Lipinski definition) is 3. The van der Waals surface area contributed by atoms with E-state index in [1.807, 2.05) is 0 Å². The van der Waals surface area contributed by atoms with E-state index in [1.54, 1.807) is 0 Å². The molecule has 3 N–H and O–H groups in total. The van der Waals surface area contributed by atoms with Crippen molar-refractivity contribution in [2.24, 2.45) is 0 Å². The van der Waals surface area contributed by atoms with Crippen LogP contribution in [-0.4, -0.2) is 40.6 Å². The van der Waals surface area contributed by atoms with Crippen LogP contribution in [0.25, 0.3) is 0 Å². The summed E-state index contributed by atoms with van der Waals surface area (Å²) in [6, 6.07) is 0. The first kappa shape index (κ1) is 8.17. The van der Waals surface area contributed by atoms with Crippen molar-refractivity contribution in [3.05, 3.63) is 0 Å². The lowest BCUT2D eigenvalue weighted by Crippen LogP contribution is -2.41. The Labute approximate surface area is 59.2 Å². The maximum atomic E-state index is 10.6. The SMILES string of the molecule is O=P(O)(O)N1CCNCC1. The van der Waals surface area contributed by atoms with Gasteiger partial charge in [0.25, 0.3) is 0 Å². The predicted octanol–water partition coefficient (Wildman–Crippen LogP) is -1.02. The average molecular weight is 166 g/mol. The van der Waals surface area contributed by atoms with Crippen molar-refractivity contribution in [3.63, 3.8) is 0 Å². The largest absolute Gasteiger partial charge is 0.403 e. The van der Waals surface area contributed by atoms with E-state index in [0.717, 1.165) is 0 Å². The van der Waals surface area contributed by atoms with E-state index in [4.69, 9.17) is 9.79 Å². The summed E-state index contributed by atoms with van der Waals surface area (Å²) in [4.78, 5) is 17.3. The highest BCUT2D eigenvalue weighted by Gasteiger charge is 2.25. The number of nitrogens with one attached hydrogen (secondary N) is 1. The van der Waals surface area contributed by atoms with Crippen molar-refractivity contribution in [3.8, 4) is 0 Å². The van der Waals surface area contributed by atoms with E-state index < -0.39 is 7.75 Å². The van der Waals surface area contributed by atoms with Crippen molar-refractivity contribution >= 4 is 7.75 Å². The second kappa shape index (κ2) is 2.98. The summed E-state index contributed by atoms with van der Waals surface area (Å²) >= 11 is 0. The molecule has 1 heterocycles. The van der Waals surface area contributed by atoms with Crippen LogP contribution in [0.4, 0.5) is 0 Å². The Morgan fingerprint density at radius 2 is 1.80 bits per heavy atom. The second-order valence-corrected chi connectivity index (χ2v) is 3.81. The number of piperazine rings is 1. The molecule has 1 aliphatic rings. The van der Waals surface area contributed by atoms with Gasteiger partial charge in [0.05, 0.1) is 0 Å². The standard InChI is InChI=1S/C4H11N2O3P/c7-10(8,9)6-3-1-5-2-4-6/h5H,1-4H2,(H2,7,8,9). The summed E-state index contributed by atoms with van der Waals surface area (Å²) in [5.41, 5.74) is 0. The van der Waals surface area contributed by atoms with Gasteiger partial charge >= 0.3 is 7.75 Å². The molecule has 0 aromatic rings. The molecule has 1 fully saturated rings. The fraction of sp³-hybridized carbons (Fsp3) is 1.00. The van der Waals surface area contributed by atoms with Gasteiger partial charge in [-0.15, -0.1) is 0 Å².